The number of carbonyl (C=O) groups is 2. The molecular weight excluding hydrogens is 390 g/mol. The van der Waals surface area contributed by atoms with Crippen molar-refractivity contribution in [3.63, 3.8) is 0 Å². The van der Waals surface area contributed by atoms with Gasteiger partial charge in [-0.25, -0.2) is 0 Å². The van der Waals surface area contributed by atoms with Gasteiger partial charge in [-0.3, -0.25) is 9.59 Å². The van der Waals surface area contributed by atoms with Gasteiger partial charge in [-0.05, 0) is 62.6 Å². The summed E-state index contributed by atoms with van der Waals surface area (Å²) in [5, 5.41) is 9.08. The number of rotatable bonds is 9. The van der Waals surface area contributed by atoms with Gasteiger partial charge in [0.15, 0.2) is 0 Å². The first kappa shape index (κ1) is 22.7. The molecule has 0 aliphatic heterocycles. The van der Waals surface area contributed by atoms with Crippen molar-refractivity contribution >= 4 is 23.2 Å². The highest BCUT2D eigenvalue weighted by atomic mass is 16.5. The first-order valence-electron chi connectivity index (χ1n) is 11.2. The second-order valence-electron chi connectivity index (χ2n) is 8.15. The molecule has 2 aromatic carbocycles. The van der Waals surface area contributed by atoms with E-state index >= 15 is 0 Å². The van der Waals surface area contributed by atoms with Gasteiger partial charge in [0.1, 0.15) is 5.75 Å². The summed E-state index contributed by atoms with van der Waals surface area (Å²) in [6, 6.07) is 14.9. The Morgan fingerprint density at radius 2 is 1.77 bits per heavy atom. The van der Waals surface area contributed by atoms with Crippen molar-refractivity contribution in [3.8, 4) is 5.75 Å². The Morgan fingerprint density at radius 1 is 1.03 bits per heavy atom. The lowest BCUT2D eigenvalue weighted by Crippen LogP contribution is -2.36. The molecule has 0 radical (unpaired) electrons. The number of ether oxygens (including phenoxy) is 1. The summed E-state index contributed by atoms with van der Waals surface area (Å²) in [5.41, 5.74) is 2.12. The van der Waals surface area contributed by atoms with Crippen LogP contribution in [0.15, 0.2) is 48.5 Å². The molecule has 1 atom stereocenters. The smallest absolute Gasteiger partial charge is 0.251 e. The highest BCUT2D eigenvalue weighted by Gasteiger charge is 2.16. The van der Waals surface area contributed by atoms with Crippen LogP contribution in [0.2, 0.25) is 0 Å². The highest BCUT2D eigenvalue weighted by Crippen LogP contribution is 2.20. The van der Waals surface area contributed by atoms with Crippen LogP contribution in [0, 0.1) is 0 Å². The molecule has 3 N–H and O–H groups in total. The molecule has 3 rings (SSSR count). The second kappa shape index (κ2) is 11.4. The maximum Gasteiger partial charge on any atom is 0.251 e. The standard InChI is InChI=1S/C25H33N3O3/c1-3-18(2)31-23-11-7-10-22(16-23)27-24(29)17-26-20-14-12-19(13-15-20)25(30)28-21-8-5-4-6-9-21/h7,10-16,18,21,26H,3-6,8-9,17H2,1-2H3,(H,27,29)(H,28,30). The quantitative estimate of drug-likeness (QED) is 0.532. The molecule has 166 valence electrons. The van der Waals surface area contributed by atoms with Crippen LogP contribution in [-0.2, 0) is 4.79 Å². The van der Waals surface area contributed by atoms with E-state index in [2.05, 4.69) is 22.9 Å². The molecule has 0 spiro atoms. The molecule has 2 aromatic rings. The number of carbonyl (C=O) groups excluding carboxylic acids is 2. The average Bonchev–Trinajstić information content (AvgIpc) is 2.79. The summed E-state index contributed by atoms with van der Waals surface area (Å²) in [4.78, 5) is 24.7. The van der Waals surface area contributed by atoms with Crippen LogP contribution in [0.25, 0.3) is 0 Å². The van der Waals surface area contributed by atoms with Crippen LogP contribution in [0.4, 0.5) is 11.4 Å². The predicted octanol–water partition coefficient (Wildman–Crippen LogP) is 4.98. The van der Waals surface area contributed by atoms with Crippen LogP contribution in [-0.4, -0.2) is 30.5 Å². The number of anilines is 2. The van der Waals surface area contributed by atoms with Crippen molar-refractivity contribution in [2.24, 2.45) is 0 Å². The molecule has 6 nitrogen and oxygen atoms in total. The minimum absolute atomic E-state index is 0.0318. The molecule has 1 saturated carbocycles. The molecule has 1 aliphatic rings. The van der Waals surface area contributed by atoms with E-state index in [9.17, 15) is 9.59 Å². The van der Waals surface area contributed by atoms with Gasteiger partial charge >= 0.3 is 0 Å². The van der Waals surface area contributed by atoms with E-state index in [1.807, 2.05) is 43.3 Å². The number of hydrogen-bond donors (Lipinski definition) is 3. The van der Waals surface area contributed by atoms with Crippen LogP contribution in [0.5, 0.6) is 5.75 Å². The molecule has 0 bridgehead atoms. The zero-order valence-corrected chi connectivity index (χ0v) is 18.4. The molecule has 31 heavy (non-hydrogen) atoms. The lowest BCUT2D eigenvalue weighted by atomic mass is 9.95. The van der Waals surface area contributed by atoms with Crippen LogP contribution in [0.1, 0.15) is 62.7 Å². The third-order valence-electron chi connectivity index (χ3n) is 5.57. The van der Waals surface area contributed by atoms with Crippen LogP contribution >= 0.6 is 0 Å². The van der Waals surface area contributed by atoms with Gasteiger partial charge in [-0.2, -0.15) is 0 Å². The Labute approximate surface area is 184 Å². The molecule has 0 saturated heterocycles. The number of benzene rings is 2. The second-order valence-corrected chi connectivity index (χ2v) is 8.15. The third kappa shape index (κ3) is 7.31. The summed E-state index contributed by atoms with van der Waals surface area (Å²) >= 11 is 0. The first-order chi connectivity index (χ1) is 15.0. The Balaban J connectivity index is 1.46. The predicted molar refractivity (Wildman–Crippen MR) is 125 cm³/mol. The highest BCUT2D eigenvalue weighted by molar-refractivity contribution is 5.95. The monoisotopic (exact) mass is 423 g/mol. The van der Waals surface area contributed by atoms with Crippen molar-refractivity contribution in [3.05, 3.63) is 54.1 Å². The topological polar surface area (TPSA) is 79.5 Å². The molecule has 6 heteroatoms. The summed E-state index contributed by atoms with van der Waals surface area (Å²) in [7, 11) is 0. The summed E-state index contributed by atoms with van der Waals surface area (Å²) in [6.07, 6.45) is 6.80. The summed E-state index contributed by atoms with van der Waals surface area (Å²) in [5.74, 6) is 0.553. The number of amides is 2. The van der Waals surface area contributed by atoms with Crippen molar-refractivity contribution in [1.29, 1.82) is 0 Å². The zero-order chi connectivity index (χ0) is 22.1. The van der Waals surface area contributed by atoms with Gasteiger partial charge in [0.05, 0.1) is 12.6 Å². The fourth-order valence-electron chi connectivity index (χ4n) is 3.61. The lowest BCUT2D eigenvalue weighted by molar-refractivity contribution is -0.114. The van der Waals surface area contributed by atoms with Crippen molar-refractivity contribution < 1.29 is 14.3 Å². The van der Waals surface area contributed by atoms with Crippen LogP contribution in [0.3, 0.4) is 0 Å². The van der Waals surface area contributed by atoms with Gasteiger partial charge in [-0.1, -0.05) is 32.3 Å². The van der Waals surface area contributed by atoms with E-state index in [0.29, 0.717) is 11.3 Å². The van der Waals surface area contributed by atoms with Gasteiger partial charge in [0.2, 0.25) is 5.91 Å². The Morgan fingerprint density at radius 3 is 2.48 bits per heavy atom. The van der Waals surface area contributed by atoms with Crippen molar-refractivity contribution in [2.75, 3.05) is 17.2 Å². The molecule has 0 heterocycles. The van der Waals surface area contributed by atoms with E-state index in [-0.39, 0.29) is 30.5 Å². The SMILES string of the molecule is CCC(C)Oc1cccc(NC(=O)CNc2ccc(C(=O)NC3CCCCC3)cc2)c1. The minimum Gasteiger partial charge on any atom is -0.491 e. The van der Waals surface area contributed by atoms with E-state index in [4.69, 9.17) is 4.74 Å². The lowest BCUT2D eigenvalue weighted by Gasteiger charge is -2.22. The van der Waals surface area contributed by atoms with E-state index < -0.39 is 0 Å². The zero-order valence-electron chi connectivity index (χ0n) is 18.4. The third-order valence-corrected chi connectivity index (χ3v) is 5.57. The van der Waals surface area contributed by atoms with Crippen LogP contribution < -0.4 is 20.7 Å². The minimum atomic E-state index is -0.153. The maximum absolute atomic E-state index is 12.4. The molecule has 1 fully saturated rings. The molecule has 1 aliphatic carbocycles. The fraction of sp³-hybridized carbons (Fsp3) is 0.440. The normalized spacial score (nSPS) is 15.0. The Bertz CT molecular complexity index is 861. The number of nitrogens with one attached hydrogen (secondary N) is 3. The van der Waals surface area contributed by atoms with E-state index in [1.54, 1.807) is 12.1 Å². The van der Waals surface area contributed by atoms with Gasteiger partial charge in [0, 0.05) is 29.0 Å². The molecular formula is C25H33N3O3. The average molecular weight is 424 g/mol. The van der Waals surface area contributed by atoms with E-state index in [0.717, 1.165) is 30.7 Å². The summed E-state index contributed by atoms with van der Waals surface area (Å²) in [6.45, 7) is 4.21. The first-order valence-corrected chi connectivity index (χ1v) is 11.2. The Kier molecular flexibility index (Phi) is 8.33. The molecule has 1 unspecified atom stereocenters. The van der Waals surface area contributed by atoms with E-state index in [1.165, 1.54) is 19.3 Å². The van der Waals surface area contributed by atoms with Crippen molar-refractivity contribution in [1.82, 2.24) is 5.32 Å². The maximum atomic E-state index is 12.4. The van der Waals surface area contributed by atoms with Gasteiger partial charge in [-0.15, -0.1) is 0 Å². The molecule has 2 amide bonds. The largest absolute Gasteiger partial charge is 0.491 e. The van der Waals surface area contributed by atoms with Gasteiger partial charge in [0.25, 0.3) is 5.91 Å². The summed E-state index contributed by atoms with van der Waals surface area (Å²) < 4.78 is 5.79. The fourth-order valence-corrected chi connectivity index (χ4v) is 3.61. The molecule has 0 aromatic heterocycles. The number of hydrogen-bond acceptors (Lipinski definition) is 4. The van der Waals surface area contributed by atoms with Crippen molar-refractivity contribution in [2.45, 2.75) is 64.5 Å². The Hall–Kier alpha value is -3.02. The van der Waals surface area contributed by atoms with Gasteiger partial charge < -0.3 is 20.7 Å².